The summed E-state index contributed by atoms with van der Waals surface area (Å²) in [5.41, 5.74) is 6.79. The number of nitrogens with one attached hydrogen (secondary N) is 2. The summed E-state index contributed by atoms with van der Waals surface area (Å²) in [5.74, 6) is 0.838. The molecule has 4 aromatic rings. The van der Waals surface area contributed by atoms with Crippen molar-refractivity contribution in [2.75, 3.05) is 18.6 Å². The molecular formula is C28H28N4O3S. The fraction of sp³-hybridized carbons (Fsp3) is 0.179. The molecule has 1 unspecified atom stereocenters. The van der Waals surface area contributed by atoms with Gasteiger partial charge in [-0.25, -0.2) is 4.98 Å². The quantitative estimate of drug-likeness (QED) is 0.198. The van der Waals surface area contributed by atoms with Gasteiger partial charge in [0, 0.05) is 10.9 Å². The molecule has 0 saturated heterocycles. The molecule has 0 saturated carbocycles. The number of ether oxygens (including phenoxy) is 2. The van der Waals surface area contributed by atoms with Crippen molar-refractivity contribution in [1.29, 1.82) is 0 Å². The van der Waals surface area contributed by atoms with E-state index < -0.39 is 0 Å². The van der Waals surface area contributed by atoms with Crippen LogP contribution in [0.3, 0.4) is 0 Å². The third-order valence-electron chi connectivity index (χ3n) is 5.25. The Balaban J connectivity index is 1.33. The minimum absolute atomic E-state index is 0.110. The number of amides is 1. The molecule has 0 fully saturated rings. The Hall–Kier alpha value is -4.17. The number of thiazole rings is 1. The van der Waals surface area contributed by atoms with E-state index >= 15 is 0 Å². The molecule has 3 aromatic carbocycles. The Labute approximate surface area is 214 Å². The SMILES string of the molecule is CCOc1cc(C=NNc2nc(-c3ccccc3)cs2)ccc1OCC(=O)NC(C)c1ccccc1. The monoisotopic (exact) mass is 500 g/mol. The van der Waals surface area contributed by atoms with Gasteiger partial charge >= 0.3 is 0 Å². The molecule has 2 N–H and O–H groups in total. The maximum Gasteiger partial charge on any atom is 0.258 e. The normalized spacial score (nSPS) is 11.7. The van der Waals surface area contributed by atoms with Crippen molar-refractivity contribution in [2.45, 2.75) is 19.9 Å². The van der Waals surface area contributed by atoms with Gasteiger partial charge in [0.2, 0.25) is 5.13 Å². The second-order valence-corrected chi connectivity index (χ2v) is 8.76. The van der Waals surface area contributed by atoms with Gasteiger partial charge in [-0.3, -0.25) is 10.2 Å². The smallest absolute Gasteiger partial charge is 0.258 e. The van der Waals surface area contributed by atoms with Gasteiger partial charge in [-0.15, -0.1) is 11.3 Å². The van der Waals surface area contributed by atoms with E-state index in [-0.39, 0.29) is 18.6 Å². The lowest BCUT2D eigenvalue weighted by molar-refractivity contribution is -0.123. The third-order valence-corrected chi connectivity index (χ3v) is 6.00. The number of hydrogen-bond acceptors (Lipinski definition) is 7. The molecule has 36 heavy (non-hydrogen) atoms. The third kappa shape index (κ3) is 6.93. The van der Waals surface area contributed by atoms with Gasteiger partial charge in [0.1, 0.15) is 0 Å². The van der Waals surface area contributed by atoms with E-state index in [1.54, 1.807) is 12.3 Å². The van der Waals surface area contributed by atoms with Crippen LogP contribution in [-0.2, 0) is 4.79 Å². The first-order valence-corrected chi connectivity index (χ1v) is 12.5. The van der Waals surface area contributed by atoms with E-state index in [0.29, 0.717) is 23.2 Å². The summed E-state index contributed by atoms with van der Waals surface area (Å²) in [5, 5.41) is 9.93. The van der Waals surface area contributed by atoms with E-state index in [2.05, 4.69) is 20.8 Å². The number of carbonyl (C=O) groups excluding carboxylic acids is 1. The van der Waals surface area contributed by atoms with E-state index in [4.69, 9.17) is 9.47 Å². The summed E-state index contributed by atoms with van der Waals surface area (Å²) >= 11 is 1.49. The van der Waals surface area contributed by atoms with Gasteiger partial charge in [0.05, 0.1) is 24.6 Å². The van der Waals surface area contributed by atoms with Crippen LogP contribution in [0.1, 0.15) is 31.0 Å². The fourth-order valence-electron chi connectivity index (χ4n) is 3.47. The van der Waals surface area contributed by atoms with Crippen molar-refractivity contribution in [3.05, 3.63) is 95.4 Å². The molecule has 1 amide bonds. The fourth-order valence-corrected chi connectivity index (χ4v) is 4.14. The molecule has 0 aliphatic rings. The lowest BCUT2D eigenvalue weighted by atomic mass is 10.1. The highest BCUT2D eigenvalue weighted by molar-refractivity contribution is 7.14. The van der Waals surface area contributed by atoms with Crippen molar-refractivity contribution >= 4 is 28.6 Å². The number of aromatic nitrogens is 1. The van der Waals surface area contributed by atoms with Crippen molar-refractivity contribution in [2.24, 2.45) is 5.10 Å². The van der Waals surface area contributed by atoms with Crippen LogP contribution in [0.25, 0.3) is 11.3 Å². The number of rotatable bonds is 11. The maximum atomic E-state index is 12.4. The Kier molecular flexibility index (Phi) is 8.67. The van der Waals surface area contributed by atoms with Crippen LogP contribution in [0, 0.1) is 0 Å². The zero-order valence-corrected chi connectivity index (χ0v) is 21.0. The first-order chi connectivity index (χ1) is 17.6. The zero-order valence-electron chi connectivity index (χ0n) is 20.2. The molecule has 0 bridgehead atoms. The van der Waals surface area contributed by atoms with Gasteiger partial charge in [-0.1, -0.05) is 60.7 Å². The van der Waals surface area contributed by atoms with Crippen LogP contribution in [0.5, 0.6) is 11.5 Å². The number of hydrogen-bond donors (Lipinski definition) is 2. The van der Waals surface area contributed by atoms with Gasteiger partial charge in [0.15, 0.2) is 18.1 Å². The lowest BCUT2D eigenvalue weighted by Gasteiger charge is -2.16. The zero-order chi connectivity index (χ0) is 25.2. The van der Waals surface area contributed by atoms with Crippen molar-refractivity contribution in [1.82, 2.24) is 10.3 Å². The van der Waals surface area contributed by atoms with Gasteiger partial charge in [0.25, 0.3) is 5.91 Å². The van der Waals surface area contributed by atoms with Gasteiger partial charge in [-0.05, 0) is 43.2 Å². The molecule has 0 aliphatic carbocycles. The Morgan fingerprint density at radius 1 is 1.03 bits per heavy atom. The van der Waals surface area contributed by atoms with Crippen LogP contribution < -0.4 is 20.2 Å². The predicted octanol–water partition coefficient (Wildman–Crippen LogP) is 5.91. The molecule has 1 aromatic heterocycles. The number of nitrogens with zero attached hydrogens (tertiary/aromatic N) is 2. The predicted molar refractivity (Wildman–Crippen MR) is 145 cm³/mol. The molecule has 1 heterocycles. The molecular weight excluding hydrogens is 472 g/mol. The standard InChI is InChI=1S/C28H28N4O3S/c1-3-34-26-16-21(17-29-32-28-31-24(19-36-28)23-12-8-5-9-13-23)14-15-25(26)35-18-27(33)30-20(2)22-10-6-4-7-11-22/h4-17,19-20H,3,18H2,1-2H3,(H,30,33)(H,31,32). The molecule has 1 atom stereocenters. The molecule has 0 spiro atoms. The van der Waals surface area contributed by atoms with Crippen molar-refractivity contribution in [3.8, 4) is 22.8 Å². The van der Waals surface area contributed by atoms with Crippen LogP contribution in [0.4, 0.5) is 5.13 Å². The largest absolute Gasteiger partial charge is 0.490 e. The molecule has 7 nitrogen and oxygen atoms in total. The first-order valence-electron chi connectivity index (χ1n) is 11.7. The Morgan fingerprint density at radius 2 is 1.78 bits per heavy atom. The van der Waals surface area contributed by atoms with E-state index in [0.717, 1.165) is 22.4 Å². The Bertz CT molecular complexity index is 1290. The molecule has 0 radical (unpaired) electrons. The van der Waals surface area contributed by atoms with Crippen LogP contribution in [0.2, 0.25) is 0 Å². The minimum atomic E-state index is -0.207. The summed E-state index contributed by atoms with van der Waals surface area (Å²) in [6.07, 6.45) is 1.68. The van der Waals surface area contributed by atoms with E-state index in [1.165, 1.54) is 11.3 Å². The van der Waals surface area contributed by atoms with Gasteiger partial charge in [-0.2, -0.15) is 5.10 Å². The summed E-state index contributed by atoms with van der Waals surface area (Å²) < 4.78 is 11.5. The van der Waals surface area contributed by atoms with Crippen LogP contribution >= 0.6 is 11.3 Å². The highest BCUT2D eigenvalue weighted by Gasteiger charge is 2.12. The lowest BCUT2D eigenvalue weighted by Crippen LogP contribution is -2.31. The number of hydrazone groups is 1. The van der Waals surface area contributed by atoms with Gasteiger partial charge < -0.3 is 14.8 Å². The van der Waals surface area contributed by atoms with Crippen LogP contribution in [0.15, 0.2) is 89.3 Å². The summed E-state index contributed by atoms with van der Waals surface area (Å²) in [6, 6.07) is 25.1. The summed E-state index contributed by atoms with van der Waals surface area (Å²) in [4.78, 5) is 17.0. The molecule has 184 valence electrons. The minimum Gasteiger partial charge on any atom is -0.490 e. The summed E-state index contributed by atoms with van der Waals surface area (Å²) in [6.45, 7) is 4.19. The molecule has 0 aliphatic heterocycles. The van der Waals surface area contributed by atoms with Crippen LogP contribution in [-0.4, -0.2) is 30.3 Å². The number of benzene rings is 3. The number of anilines is 1. The van der Waals surface area contributed by atoms with E-state index in [9.17, 15) is 4.79 Å². The number of carbonyl (C=O) groups is 1. The molecule has 8 heteroatoms. The van der Waals surface area contributed by atoms with Crippen molar-refractivity contribution < 1.29 is 14.3 Å². The second-order valence-electron chi connectivity index (χ2n) is 7.90. The van der Waals surface area contributed by atoms with Crippen molar-refractivity contribution in [3.63, 3.8) is 0 Å². The van der Waals surface area contributed by atoms with E-state index in [1.807, 2.05) is 92.0 Å². The summed E-state index contributed by atoms with van der Waals surface area (Å²) in [7, 11) is 0. The average Bonchev–Trinajstić information content (AvgIpc) is 3.38. The Morgan fingerprint density at radius 3 is 2.53 bits per heavy atom. The molecule has 4 rings (SSSR count). The highest BCUT2D eigenvalue weighted by Crippen LogP contribution is 2.28. The average molecular weight is 501 g/mol. The maximum absolute atomic E-state index is 12.4. The first kappa shape index (κ1) is 24.9. The topological polar surface area (TPSA) is 84.8 Å². The second kappa shape index (κ2) is 12.5. The highest BCUT2D eigenvalue weighted by atomic mass is 32.1.